The maximum Gasteiger partial charge on any atom is 0.233 e. The molecular weight excluding hydrogens is 298 g/mol. The number of nitrogens with zero attached hydrogens (tertiary/aromatic N) is 1. The number of aldehydes is 1. The van der Waals surface area contributed by atoms with Gasteiger partial charge in [-0.05, 0) is 12.3 Å². The molecule has 2 amide bonds. The second kappa shape index (κ2) is 9.13. The first kappa shape index (κ1) is 19.8. The minimum Gasteiger partial charge on any atom is -0.379 e. The zero-order valence-electron chi connectivity index (χ0n) is 14.7. The lowest BCUT2D eigenvalue weighted by atomic mass is 9.92. The lowest BCUT2D eigenvalue weighted by molar-refractivity contribution is -0.140. The molecule has 1 unspecified atom stereocenters. The van der Waals surface area contributed by atoms with Crippen LogP contribution in [0.1, 0.15) is 40.5 Å². The van der Waals surface area contributed by atoms with Gasteiger partial charge in [0.1, 0.15) is 6.29 Å². The lowest BCUT2D eigenvalue weighted by Crippen LogP contribution is -2.34. The summed E-state index contributed by atoms with van der Waals surface area (Å²) >= 11 is 0. The summed E-state index contributed by atoms with van der Waals surface area (Å²) in [6, 6.07) is 0. The van der Waals surface area contributed by atoms with Gasteiger partial charge in [0.25, 0.3) is 0 Å². The molecule has 0 radical (unpaired) electrons. The molecule has 0 aliphatic carbocycles. The van der Waals surface area contributed by atoms with Gasteiger partial charge >= 0.3 is 0 Å². The average molecular weight is 327 g/mol. The molecule has 1 saturated heterocycles. The molecule has 1 atom stereocenters. The van der Waals surface area contributed by atoms with Gasteiger partial charge in [-0.1, -0.05) is 27.7 Å². The van der Waals surface area contributed by atoms with E-state index < -0.39 is 0 Å². The molecule has 23 heavy (non-hydrogen) atoms. The quantitative estimate of drug-likeness (QED) is 0.328. The van der Waals surface area contributed by atoms with Gasteiger partial charge < -0.3 is 14.3 Å². The van der Waals surface area contributed by atoms with Crippen molar-refractivity contribution in [3.05, 3.63) is 0 Å². The Morgan fingerprint density at radius 2 is 1.78 bits per heavy atom. The largest absolute Gasteiger partial charge is 0.379 e. The van der Waals surface area contributed by atoms with Crippen molar-refractivity contribution in [2.75, 3.05) is 33.0 Å². The number of ether oxygens (including phenoxy) is 2. The standard InChI is InChI=1S/C17H29NO5/c1-13(2)14-11-15(20)18(16(14)21)6-8-23-10-9-22-7-5-17(3,4)12-19/h12-14H,5-11H2,1-4H3. The van der Waals surface area contributed by atoms with E-state index in [1.165, 1.54) is 4.90 Å². The summed E-state index contributed by atoms with van der Waals surface area (Å²) < 4.78 is 10.8. The highest BCUT2D eigenvalue weighted by Crippen LogP contribution is 2.25. The van der Waals surface area contributed by atoms with E-state index >= 15 is 0 Å². The summed E-state index contributed by atoms with van der Waals surface area (Å²) in [5.41, 5.74) is -0.357. The minimum absolute atomic E-state index is 0.0825. The molecule has 132 valence electrons. The lowest BCUT2D eigenvalue weighted by Gasteiger charge is -2.17. The molecule has 0 N–H and O–H groups in total. The van der Waals surface area contributed by atoms with Gasteiger partial charge in [-0.3, -0.25) is 14.5 Å². The fraction of sp³-hybridized carbons (Fsp3) is 0.824. The highest BCUT2D eigenvalue weighted by Gasteiger charge is 2.39. The van der Waals surface area contributed by atoms with Gasteiger partial charge in [0, 0.05) is 24.4 Å². The number of hydrogen-bond donors (Lipinski definition) is 0. The van der Waals surface area contributed by atoms with Gasteiger partial charge in [-0.2, -0.15) is 0 Å². The molecule has 0 spiro atoms. The van der Waals surface area contributed by atoms with Crippen LogP contribution in [0.5, 0.6) is 0 Å². The molecule has 0 bridgehead atoms. The predicted molar refractivity (Wildman–Crippen MR) is 85.8 cm³/mol. The van der Waals surface area contributed by atoms with Crippen molar-refractivity contribution in [1.29, 1.82) is 0 Å². The van der Waals surface area contributed by atoms with Crippen molar-refractivity contribution in [3.63, 3.8) is 0 Å². The van der Waals surface area contributed by atoms with Crippen LogP contribution in [-0.2, 0) is 23.9 Å². The summed E-state index contributed by atoms with van der Waals surface area (Å²) in [7, 11) is 0. The van der Waals surface area contributed by atoms with Crippen LogP contribution >= 0.6 is 0 Å². The van der Waals surface area contributed by atoms with E-state index in [0.29, 0.717) is 45.8 Å². The fourth-order valence-corrected chi connectivity index (χ4v) is 2.34. The van der Waals surface area contributed by atoms with Crippen LogP contribution in [0.4, 0.5) is 0 Å². The average Bonchev–Trinajstić information content (AvgIpc) is 2.77. The Balaban J connectivity index is 2.10. The van der Waals surface area contributed by atoms with Crippen molar-refractivity contribution in [3.8, 4) is 0 Å². The number of carbonyl (C=O) groups excluding carboxylic acids is 3. The van der Waals surface area contributed by atoms with E-state index in [9.17, 15) is 14.4 Å². The molecule has 1 heterocycles. The molecule has 1 aliphatic heterocycles. The van der Waals surface area contributed by atoms with Gasteiger partial charge in [-0.15, -0.1) is 0 Å². The molecule has 0 aromatic rings. The molecule has 0 aromatic heterocycles. The third-order valence-corrected chi connectivity index (χ3v) is 4.12. The Hall–Kier alpha value is -1.27. The molecule has 1 fully saturated rings. The normalized spacial score (nSPS) is 19.0. The van der Waals surface area contributed by atoms with Crippen molar-refractivity contribution in [2.45, 2.75) is 40.5 Å². The third kappa shape index (κ3) is 6.39. The summed E-state index contributed by atoms with van der Waals surface area (Å²) in [5, 5.41) is 0. The van der Waals surface area contributed by atoms with Crippen molar-refractivity contribution >= 4 is 18.1 Å². The highest BCUT2D eigenvalue weighted by molar-refractivity contribution is 6.03. The number of imide groups is 1. The summed E-state index contributed by atoms with van der Waals surface area (Å²) in [4.78, 5) is 35.9. The molecular formula is C17H29NO5. The topological polar surface area (TPSA) is 72.9 Å². The summed E-state index contributed by atoms with van der Waals surface area (Å²) in [6.45, 7) is 9.64. The van der Waals surface area contributed by atoms with E-state index in [1.54, 1.807) is 0 Å². The Morgan fingerprint density at radius 1 is 1.17 bits per heavy atom. The smallest absolute Gasteiger partial charge is 0.233 e. The van der Waals surface area contributed by atoms with Crippen LogP contribution in [0.2, 0.25) is 0 Å². The summed E-state index contributed by atoms with van der Waals surface area (Å²) in [5.74, 6) is -0.195. The van der Waals surface area contributed by atoms with E-state index in [1.807, 2.05) is 27.7 Å². The van der Waals surface area contributed by atoms with Crippen LogP contribution < -0.4 is 0 Å². The summed E-state index contributed by atoms with van der Waals surface area (Å²) in [6.07, 6.45) is 1.91. The first-order chi connectivity index (χ1) is 10.8. The van der Waals surface area contributed by atoms with E-state index in [2.05, 4.69) is 0 Å². The van der Waals surface area contributed by atoms with E-state index in [0.717, 1.165) is 6.29 Å². The van der Waals surface area contributed by atoms with Crippen LogP contribution in [0.25, 0.3) is 0 Å². The molecule has 6 nitrogen and oxygen atoms in total. The Bertz CT molecular complexity index is 419. The van der Waals surface area contributed by atoms with Crippen LogP contribution in [-0.4, -0.2) is 56.0 Å². The monoisotopic (exact) mass is 327 g/mol. The van der Waals surface area contributed by atoms with Crippen LogP contribution in [0.15, 0.2) is 0 Å². The van der Waals surface area contributed by atoms with Gasteiger partial charge in [0.2, 0.25) is 11.8 Å². The van der Waals surface area contributed by atoms with Crippen LogP contribution in [0.3, 0.4) is 0 Å². The fourth-order valence-electron chi connectivity index (χ4n) is 2.34. The highest BCUT2D eigenvalue weighted by atomic mass is 16.5. The number of hydrogen-bond acceptors (Lipinski definition) is 5. The number of carbonyl (C=O) groups is 3. The first-order valence-electron chi connectivity index (χ1n) is 8.24. The van der Waals surface area contributed by atoms with Gasteiger partial charge in [0.05, 0.1) is 26.4 Å². The zero-order valence-corrected chi connectivity index (χ0v) is 14.7. The minimum atomic E-state index is -0.357. The van der Waals surface area contributed by atoms with Crippen LogP contribution in [0, 0.1) is 17.3 Å². The van der Waals surface area contributed by atoms with Crippen molar-refractivity contribution in [1.82, 2.24) is 4.90 Å². The molecule has 1 rings (SSSR count). The molecule has 6 heteroatoms. The Kier molecular flexibility index (Phi) is 7.85. The molecule has 1 aliphatic rings. The van der Waals surface area contributed by atoms with Crippen molar-refractivity contribution in [2.24, 2.45) is 17.3 Å². The van der Waals surface area contributed by atoms with Gasteiger partial charge in [0.15, 0.2) is 0 Å². The molecule has 0 aromatic carbocycles. The number of amides is 2. The second-order valence-corrected chi connectivity index (χ2v) is 7.02. The Morgan fingerprint density at radius 3 is 2.30 bits per heavy atom. The van der Waals surface area contributed by atoms with E-state index in [-0.39, 0.29) is 29.1 Å². The second-order valence-electron chi connectivity index (χ2n) is 7.02. The third-order valence-electron chi connectivity index (χ3n) is 4.12. The Labute approximate surface area is 138 Å². The van der Waals surface area contributed by atoms with E-state index in [4.69, 9.17) is 9.47 Å². The number of rotatable bonds is 11. The first-order valence-corrected chi connectivity index (χ1v) is 8.24. The van der Waals surface area contributed by atoms with Gasteiger partial charge in [-0.25, -0.2) is 0 Å². The number of likely N-dealkylation sites (tertiary alicyclic amines) is 1. The molecule has 0 saturated carbocycles. The SMILES string of the molecule is CC(C)C1CC(=O)N(CCOCCOCCC(C)(C)C=O)C1=O. The zero-order chi connectivity index (χ0) is 17.5. The predicted octanol–water partition coefficient (Wildman–Crippen LogP) is 1.67. The maximum atomic E-state index is 12.1. The maximum absolute atomic E-state index is 12.1. The van der Waals surface area contributed by atoms with Crippen molar-refractivity contribution < 1.29 is 23.9 Å².